The molecule has 0 bridgehead atoms. The summed E-state index contributed by atoms with van der Waals surface area (Å²) in [4.78, 5) is 0. The average molecular weight is 324 g/mol. The SMILES string of the molecule is CCCOc1ccc(Cl)cc1CNc1cccc(Cl)c1C. The van der Waals surface area contributed by atoms with Crippen molar-refractivity contribution in [3.05, 3.63) is 57.6 Å². The van der Waals surface area contributed by atoms with Crippen molar-refractivity contribution < 1.29 is 4.74 Å². The predicted octanol–water partition coefficient (Wildman–Crippen LogP) is 5.70. The molecule has 0 atom stereocenters. The first-order valence-electron chi connectivity index (χ1n) is 7.02. The lowest BCUT2D eigenvalue weighted by atomic mass is 10.1. The Morgan fingerprint density at radius 1 is 1.14 bits per heavy atom. The zero-order valence-electron chi connectivity index (χ0n) is 12.2. The Kier molecular flexibility index (Phi) is 5.77. The molecule has 21 heavy (non-hydrogen) atoms. The Morgan fingerprint density at radius 3 is 2.71 bits per heavy atom. The van der Waals surface area contributed by atoms with Gasteiger partial charge in [-0.3, -0.25) is 0 Å². The minimum absolute atomic E-state index is 0.640. The van der Waals surface area contributed by atoms with E-state index in [0.29, 0.717) is 18.2 Å². The minimum Gasteiger partial charge on any atom is -0.493 e. The van der Waals surface area contributed by atoms with Crippen molar-refractivity contribution in [2.24, 2.45) is 0 Å². The summed E-state index contributed by atoms with van der Waals surface area (Å²) in [6.45, 7) is 5.42. The van der Waals surface area contributed by atoms with Crippen LogP contribution in [0.25, 0.3) is 0 Å². The van der Waals surface area contributed by atoms with Crippen LogP contribution >= 0.6 is 23.2 Å². The van der Waals surface area contributed by atoms with Crippen LogP contribution in [-0.4, -0.2) is 6.61 Å². The maximum Gasteiger partial charge on any atom is 0.124 e. The Labute approximate surface area is 136 Å². The molecule has 0 radical (unpaired) electrons. The van der Waals surface area contributed by atoms with Crippen LogP contribution in [0, 0.1) is 6.92 Å². The molecule has 0 aliphatic carbocycles. The monoisotopic (exact) mass is 323 g/mol. The highest BCUT2D eigenvalue weighted by atomic mass is 35.5. The molecular formula is C17H19Cl2NO. The maximum atomic E-state index is 6.13. The summed E-state index contributed by atoms with van der Waals surface area (Å²) in [6.07, 6.45) is 0.975. The van der Waals surface area contributed by atoms with Crippen LogP contribution in [0.3, 0.4) is 0 Å². The summed E-state index contributed by atoms with van der Waals surface area (Å²) in [6, 6.07) is 11.5. The van der Waals surface area contributed by atoms with Crippen molar-refractivity contribution in [3.8, 4) is 5.75 Å². The summed E-state index contributed by atoms with van der Waals surface area (Å²) in [5.41, 5.74) is 3.09. The molecule has 4 heteroatoms. The summed E-state index contributed by atoms with van der Waals surface area (Å²) < 4.78 is 5.76. The Balaban J connectivity index is 2.15. The van der Waals surface area contributed by atoms with Gasteiger partial charge in [-0.2, -0.15) is 0 Å². The highest BCUT2D eigenvalue weighted by Gasteiger charge is 2.07. The highest BCUT2D eigenvalue weighted by Crippen LogP contribution is 2.27. The predicted molar refractivity (Wildman–Crippen MR) is 90.8 cm³/mol. The van der Waals surface area contributed by atoms with E-state index < -0.39 is 0 Å². The molecule has 2 rings (SSSR count). The van der Waals surface area contributed by atoms with Crippen LogP contribution in [-0.2, 0) is 6.54 Å². The van der Waals surface area contributed by atoms with Gasteiger partial charge in [-0.05, 0) is 49.2 Å². The topological polar surface area (TPSA) is 21.3 Å². The second-order valence-electron chi connectivity index (χ2n) is 4.87. The van der Waals surface area contributed by atoms with E-state index in [-0.39, 0.29) is 0 Å². The van der Waals surface area contributed by atoms with E-state index in [4.69, 9.17) is 27.9 Å². The van der Waals surface area contributed by atoms with Gasteiger partial charge in [-0.15, -0.1) is 0 Å². The van der Waals surface area contributed by atoms with Crippen LogP contribution in [0.15, 0.2) is 36.4 Å². The van der Waals surface area contributed by atoms with Gasteiger partial charge < -0.3 is 10.1 Å². The third-order valence-corrected chi connectivity index (χ3v) is 3.87. The lowest BCUT2D eigenvalue weighted by molar-refractivity contribution is 0.314. The highest BCUT2D eigenvalue weighted by molar-refractivity contribution is 6.31. The largest absolute Gasteiger partial charge is 0.493 e. The lowest BCUT2D eigenvalue weighted by Gasteiger charge is -2.14. The Hall–Kier alpha value is -1.38. The third-order valence-electron chi connectivity index (χ3n) is 3.22. The van der Waals surface area contributed by atoms with Crippen molar-refractivity contribution in [1.29, 1.82) is 0 Å². The van der Waals surface area contributed by atoms with Crippen molar-refractivity contribution in [2.45, 2.75) is 26.8 Å². The van der Waals surface area contributed by atoms with Gasteiger partial charge in [-0.1, -0.05) is 36.2 Å². The average Bonchev–Trinajstić information content (AvgIpc) is 2.48. The number of nitrogens with one attached hydrogen (secondary N) is 1. The molecule has 2 aromatic carbocycles. The van der Waals surface area contributed by atoms with Gasteiger partial charge >= 0.3 is 0 Å². The van der Waals surface area contributed by atoms with E-state index in [9.17, 15) is 0 Å². The van der Waals surface area contributed by atoms with E-state index in [1.165, 1.54) is 0 Å². The number of rotatable bonds is 6. The minimum atomic E-state index is 0.640. The molecule has 2 aromatic rings. The quantitative estimate of drug-likeness (QED) is 0.735. The summed E-state index contributed by atoms with van der Waals surface area (Å²) >= 11 is 12.2. The standard InChI is InChI=1S/C17H19Cl2NO/c1-3-9-21-17-8-7-14(18)10-13(17)11-20-16-6-4-5-15(19)12(16)2/h4-8,10,20H,3,9,11H2,1-2H3. The fourth-order valence-corrected chi connectivity index (χ4v) is 2.40. The fraction of sp³-hybridized carbons (Fsp3) is 0.294. The second-order valence-corrected chi connectivity index (χ2v) is 5.71. The normalized spacial score (nSPS) is 10.5. The first kappa shape index (κ1) is 16.0. The molecule has 0 saturated carbocycles. The second kappa shape index (κ2) is 7.58. The van der Waals surface area contributed by atoms with Crippen LogP contribution < -0.4 is 10.1 Å². The van der Waals surface area contributed by atoms with Crippen LogP contribution in [0.1, 0.15) is 24.5 Å². The van der Waals surface area contributed by atoms with Crippen molar-refractivity contribution in [3.63, 3.8) is 0 Å². The molecule has 0 fully saturated rings. The first-order valence-corrected chi connectivity index (χ1v) is 7.77. The van der Waals surface area contributed by atoms with E-state index in [0.717, 1.165) is 34.0 Å². The molecule has 1 N–H and O–H groups in total. The van der Waals surface area contributed by atoms with Crippen molar-refractivity contribution >= 4 is 28.9 Å². The molecule has 112 valence electrons. The number of hydrogen-bond donors (Lipinski definition) is 1. The van der Waals surface area contributed by atoms with Gasteiger partial charge in [0.2, 0.25) is 0 Å². The van der Waals surface area contributed by atoms with E-state index >= 15 is 0 Å². The van der Waals surface area contributed by atoms with E-state index in [1.54, 1.807) is 0 Å². The number of hydrogen-bond acceptors (Lipinski definition) is 2. The summed E-state index contributed by atoms with van der Waals surface area (Å²) in [7, 11) is 0. The van der Waals surface area contributed by atoms with Crippen molar-refractivity contribution in [1.82, 2.24) is 0 Å². The van der Waals surface area contributed by atoms with E-state index in [2.05, 4.69) is 12.2 Å². The molecule has 0 aliphatic heterocycles. The lowest BCUT2D eigenvalue weighted by Crippen LogP contribution is -2.05. The van der Waals surface area contributed by atoms with E-state index in [1.807, 2.05) is 43.3 Å². The maximum absolute atomic E-state index is 6.13. The van der Waals surface area contributed by atoms with Crippen LogP contribution in [0.2, 0.25) is 10.0 Å². The smallest absolute Gasteiger partial charge is 0.124 e. The number of ether oxygens (including phenoxy) is 1. The van der Waals surface area contributed by atoms with Gasteiger partial charge in [0.15, 0.2) is 0 Å². The summed E-state index contributed by atoms with van der Waals surface area (Å²) in [5, 5.41) is 4.86. The number of anilines is 1. The van der Waals surface area contributed by atoms with Gasteiger partial charge in [0, 0.05) is 27.8 Å². The zero-order chi connectivity index (χ0) is 15.2. The molecule has 0 unspecified atom stereocenters. The number of halogens is 2. The zero-order valence-corrected chi connectivity index (χ0v) is 13.8. The molecule has 0 saturated heterocycles. The molecular weight excluding hydrogens is 305 g/mol. The third kappa shape index (κ3) is 4.29. The van der Waals surface area contributed by atoms with Gasteiger partial charge in [-0.25, -0.2) is 0 Å². The molecule has 2 nitrogen and oxygen atoms in total. The first-order chi connectivity index (χ1) is 10.1. The van der Waals surface area contributed by atoms with Gasteiger partial charge in [0.1, 0.15) is 5.75 Å². The number of benzene rings is 2. The fourth-order valence-electron chi connectivity index (χ4n) is 2.03. The van der Waals surface area contributed by atoms with Crippen LogP contribution in [0.5, 0.6) is 5.75 Å². The van der Waals surface area contributed by atoms with Crippen LogP contribution in [0.4, 0.5) is 5.69 Å². The Morgan fingerprint density at radius 2 is 1.95 bits per heavy atom. The van der Waals surface area contributed by atoms with Gasteiger partial charge in [0.05, 0.1) is 6.61 Å². The summed E-state index contributed by atoms with van der Waals surface area (Å²) in [5.74, 6) is 0.869. The van der Waals surface area contributed by atoms with Gasteiger partial charge in [0.25, 0.3) is 0 Å². The molecule has 0 amide bonds. The van der Waals surface area contributed by atoms with Crippen molar-refractivity contribution in [2.75, 3.05) is 11.9 Å². The molecule has 0 heterocycles. The molecule has 0 aliphatic rings. The Bertz CT molecular complexity index is 614. The molecule has 0 spiro atoms. The molecule has 0 aromatic heterocycles.